The van der Waals surface area contributed by atoms with Crippen LogP contribution >= 0.6 is 0 Å². The van der Waals surface area contributed by atoms with Gasteiger partial charge < -0.3 is 5.32 Å². The quantitative estimate of drug-likeness (QED) is 0.576. The van der Waals surface area contributed by atoms with E-state index in [0.29, 0.717) is 17.1 Å². The predicted molar refractivity (Wildman–Crippen MR) is 103 cm³/mol. The van der Waals surface area contributed by atoms with Gasteiger partial charge in [-0.15, -0.1) is 5.10 Å². The highest BCUT2D eigenvalue weighted by Crippen LogP contribution is 2.23. The minimum absolute atomic E-state index is 0.0902. The van der Waals surface area contributed by atoms with E-state index in [1.54, 1.807) is 33.9 Å². The van der Waals surface area contributed by atoms with Crippen LogP contribution in [0.4, 0.5) is 5.69 Å². The van der Waals surface area contributed by atoms with Crippen molar-refractivity contribution in [2.45, 2.75) is 19.8 Å². The van der Waals surface area contributed by atoms with E-state index in [-0.39, 0.29) is 11.8 Å². The highest BCUT2D eigenvalue weighted by atomic mass is 16.1. The molecule has 9 nitrogen and oxygen atoms in total. The van der Waals surface area contributed by atoms with E-state index in [2.05, 4.69) is 30.9 Å². The molecular formula is C19H18N8O. The van der Waals surface area contributed by atoms with E-state index < -0.39 is 0 Å². The molecule has 0 radical (unpaired) electrons. The summed E-state index contributed by atoms with van der Waals surface area (Å²) >= 11 is 0. The van der Waals surface area contributed by atoms with Crippen LogP contribution in [0.25, 0.3) is 11.5 Å². The normalized spacial score (nSPS) is 11.0. The molecule has 4 aromatic rings. The average Bonchev–Trinajstić information content (AvgIpc) is 3.39. The lowest BCUT2D eigenvalue weighted by Gasteiger charge is -2.12. The van der Waals surface area contributed by atoms with Gasteiger partial charge in [0.15, 0.2) is 5.82 Å². The number of amides is 1. The van der Waals surface area contributed by atoms with Crippen LogP contribution < -0.4 is 5.32 Å². The van der Waals surface area contributed by atoms with Crippen molar-refractivity contribution in [2.24, 2.45) is 0 Å². The van der Waals surface area contributed by atoms with Gasteiger partial charge in [-0.25, -0.2) is 14.3 Å². The molecule has 0 atom stereocenters. The SMILES string of the molecule is CC(C)c1c(C(=O)Nc2ccc(-n3cnnn3)cc2)cnn1-c1ccccn1. The molecule has 4 rings (SSSR count). The number of anilines is 1. The van der Waals surface area contributed by atoms with Crippen molar-refractivity contribution >= 4 is 11.6 Å². The minimum atomic E-state index is -0.221. The van der Waals surface area contributed by atoms with Gasteiger partial charge in [0.25, 0.3) is 5.91 Å². The van der Waals surface area contributed by atoms with Crippen molar-refractivity contribution < 1.29 is 4.79 Å². The van der Waals surface area contributed by atoms with Gasteiger partial charge in [0.1, 0.15) is 6.33 Å². The van der Waals surface area contributed by atoms with E-state index in [9.17, 15) is 4.79 Å². The number of hydrogen-bond donors (Lipinski definition) is 1. The zero-order valence-electron chi connectivity index (χ0n) is 15.4. The van der Waals surface area contributed by atoms with Gasteiger partial charge in [-0.1, -0.05) is 19.9 Å². The van der Waals surface area contributed by atoms with Gasteiger partial charge in [-0.2, -0.15) is 5.10 Å². The maximum absolute atomic E-state index is 12.9. The molecule has 0 saturated carbocycles. The molecule has 3 heterocycles. The van der Waals surface area contributed by atoms with Crippen molar-refractivity contribution in [3.05, 3.63) is 72.4 Å². The summed E-state index contributed by atoms with van der Waals surface area (Å²) in [6, 6.07) is 12.8. The number of benzene rings is 1. The van der Waals surface area contributed by atoms with Gasteiger partial charge in [0.05, 0.1) is 23.1 Å². The Kier molecular flexibility index (Phi) is 4.63. The third kappa shape index (κ3) is 3.37. The van der Waals surface area contributed by atoms with Crippen LogP contribution in [0.5, 0.6) is 0 Å². The molecule has 28 heavy (non-hydrogen) atoms. The van der Waals surface area contributed by atoms with E-state index >= 15 is 0 Å². The molecular weight excluding hydrogens is 356 g/mol. The molecule has 3 aromatic heterocycles. The van der Waals surface area contributed by atoms with Crippen LogP contribution in [0.15, 0.2) is 61.2 Å². The molecule has 0 bridgehead atoms. The number of carbonyl (C=O) groups is 1. The van der Waals surface area contributed by atoms with Crippen LogP contribution in [0.1, 0.15) is 35.8 Å². The van der Waals surface area contributed by atoms with E-state index in [1.165, 1.54) is 6.33 Å². The molecule has 1 aromatic carbocycles. The van der Waals surface area contributed by atoms with Crippen molar-refractivity contribution in [3.63, 3.8) is 0 Å². The van der Waals surface area contributed by atoms with Gasteiger partial charge in [0.2, 0.25) is 0 Å². The van der Waals surface area contributed by atoms with Gasteiger partial charge >= 0.3 is 0 Å². The van der Waals surface area contributed by atoms with Crippen molar-refractivity contribution in [1.29, 1.82) is 0 Å². The largest absolute Gasteiger partial charge is 0.322 e. The molecule has 1 amide bonds. The Balaban J connectivity index is 1.59. The van der Waals surface area contributed by atoms with Gasteiger partial charge in [-0.3, -0.25) is 4.79 Å². The number of pyridine rings is 1. The Morgan fingerprint density at radius 1 is 1.11 bits per heavy atom. The Labute approximate surface area is 161 Å². The summed E-state index contributed by atoms with van der Waals surface area (Å²) in [5.41, 5.74) is 2.79. The fourth-order valence-electron chi connectivity index (χ4n) is 2.93. The minimum Gasteiger partial charge on any atom is -0.322 e. The highest BCUT2D eigenvalue weighted by Gasteiger charge is 2.21. The second-order valence-electron chi connectivity index (χ2n) is 6.45. The van der Waals surface area contributed by atoms with Crippen LogP contribution in [0, 0.1) is 0 Å². The second kappa shape index (κ2) is 7.39. The Bertz CT molecular complexity index is 1070. The smallest absolute Gasteiger partial charge is 0.259 e. The predicted octanol–water partition coefficient (Wildman–Crippen LogP) is 2.62. The summed E-state index contributed by atoms with van der Waals surface area (Å²) < 4.78 is 3.25. The number of hydrogen-bond acceptors (Lipinski definition) is 6. The molecule has 0 fully saturated rings. The van der Waals surface area contributed by atoms with Crippen LogP contribution in [0.3, 0.4) is 0 Å². The summed E-state index contributed by atoms with van der Waals surface area (Å²) in [6.07, 6.45) is 4.79. The fourth-order valence-corrected chi connectivity index (χ4v) is 2.93. The first kappa shape index (κ1) is 17.5. The van der Waals surface area contributed by atoms with E-state index in [4.69, 9.17) is 0 Å². The van der Waals surface area contributed by atoms with E-state index in [1.807, 2.05) is 44.2 Å². The van der Waals surface area contributed by atoms with Crippen LogP contribution in [-0.4, -0.2) is 40.9 Å². The third-order valence-electron chi connectivity index (χ3n) is 4.20. The topological polar surface area (TPSA) is 103 Å². The fraction of sp³-hybridized carbons (Fsp3) is 0.158. The first-order valence-electron chi connectivity index (χ1n) is 8.77. The first-order valence-corrected chi connectivity index (χ1v) is 8.77. The number of rotatable bonds is 5. The number of nitrogens with one attached hydrogen (secondary N) is 1. The van der Waals surface area contributed by atoms with Gasteiger partial charge in [0, 0.05) is 11.9 Å². The maximum atomic E-state index is 12.9. The highest BCUT2D eigenvalue weighted by molar-refractivity contribution is 6.05. The number of aromatic nitrogens is 7. The second-order valence-corrected chi connectivity index (χ2v) is 6.45. The molecule has 1 N–H and O–H groups in total. The summed E-state index contributed by atoms with van der Waals surface area (Å²) in [5.74, 6) is 0.546. The van der Waals surface area contributed by atoms with Crippen LogP contribution in [-0.2, 0) is 0 Å². The summed E-state index contributed by atoms with van der Waals surface area (Å²) in [5, 5.41) is 18.4. The van der Waals surface area contributed by atoms with E-state index in [0.717, 1.165) is 11.4 Å². The average molecular weight is 374 g/mol. The molecule has 140 valence electrons. The molecule has 0 aliphatic carbocycles. The molecule has 9 heteroatoms. The summed E-state index contributed by atoms with van der Waals surface area (Å²) in [4.78, 5) is 17.2. The number of tetrazole rings is 1. The lowest BCUT2D eigenvalue weighted by Crippen LogP contribution is -2.15. The Morgan fingerprint density at radius 3 is 2.57 bits per heavy atom. The number of nitrogens with zero attached hydrogens (tertiary/aromatic N) is 7. The number of carbonyl (C=O) groups excluding carboxylic acids is 1. The zero-order valence-corrected chi connectivity index (χ0v) is 15.4. The monoisotopic (exact) mass is 374 g/mol. The third-order valence-corrected chi connectivity index (χ3v) is 4.20. The van der Waals surface area contributed by atoms with Gasteiger partial charge in [-0.05, 0) is 52.7 Å². The molecule has 0 aliphatic rings. The molecule has 0 saturated heterocycles. The van der Waals surface area contributed by atoms with Crippen LogP contribution in [0.2, 0.25) is 0 Å². The molecule has 0 aliphatic heterocycles. The Morgan fingerprint density at radius 2 is 1.93 bits per heavy atom. The lowest BCUT2D eigenvalue weighted by atomic mass is 10.1. The standard InChI is InChI=1S/C19H18N8O/c1-13(2)18-16(11-22-27(18)17-5-3-4-10-20-17)19(28)23-14-6-8-15(9-7-14)26-12-21-24-25-26/h3-13H,1-2H3,(H,23,28). The maximum Gasteiger partial charge on any atom is 0.259 e. The Hall–Kier alpha value is -3.88. The lowest BCUT2D eigenvalue weighted by molar-refractivity contribution is 0.102. The zero-order chi connectivity index (χ0) is 19.5. The molecule has 0 unspecified atom stereocenters. The van der Waals surface area contributed by atoms with Crippen molar-refractivity contribution in [2.75, 3.05) is 5.32 Å². The summed E-state index contributed by atoms with van der Waals surface area (Å²) in [6.45, 7) is 4.04. The van der Waals surface area contributed by atoms with Crippen molar-refractivity contribution in [3.8, 4) is 11.5 Å². The summed E-state index contributed by atoms with van der Waals surface area (Å²) in [7, 11) is 0. The van der Waals surface area contributed by atoms with Crippen molar-refractivity contribution in [1.82, 2.24) is 35.0 Å². The molecule has 0 spiro atoms. The first-order chi connectivity index (χ1) is 13.6.